The Kier molecular flexibility index (Phi) is 3.78. The molecule has 5 heteroatoms. The maximum absolute atomic E-state index is 12.2. The van der Waals surface area contributed by atoms with Gasteiger partial charge >= 0.3 is 0 Å². The van der Waals surface area contributed by atoms with Crippen molar-refractivity contribution in [1.82, 2.24) is 15.1 Å². The van der Waals surface area contributed by atoms with Crippen LogP contribution in [0.25, 0.3) is 10.9 Å². The molecule has 3 rings (SSSR count). The van der Waals surface area contributed by atoms with Crippen LogP contribution < -0.4 is 10.1 Å². The van der Waals surface area contributed by atoms with Gasteiger partial charge in [-0.25, -0.2) is 0 Å². The fourth-order valence-corrected chi connectivity index (χ4v) is 2.45. The summed E-state index contributed by atoms with van der Waals surface area (Å²) in [7, 11) is 3.48. The first kappa shape index (κ1) is 14.1. The molecular formula is C17H17N3O2. The van der Waals surface area contributed by atoms with Crippen LogP contribution in [0.4, 0.5) is 0 Å². The van der Waals surface area contributed by atoms with Gasteiger partial charge in [-0.15, -0.1) is 0 Å². The number of amides is 1. The number of methoxy groups -OCH3 is 1. The highest BCUT2D eigenvalue weighted by Crippen LogP contribution is 2.17. The number of hydrogen-bond acceptors (Lipinski definition) is 3. The number of hydrogen-bond donors (Lipinski definition) is 1. The highest BCUT2D eigenvalue weighted by molar-refractivity contribution is 5.94. The van der Waals surface area contributed by atoms with Crippen molar-refractivity contribution >= 4 is 16.8 Å². The van der Waals surface area contributed by atoms with E-state index in [4.69, 9.17) is 4.74 Å². The fourth-order valence-electron chi connectivity index (χ4n) is 2.45. The van der Waals surface area contributed by atoms with Gasteiger partial charge in [0.15, 0.2) is 0 Å². The Balaban J connectivity index is 1.77. The molecule has 0 fully saturated rings. The SMILES string of the molecule is COc1cccc(C(=O)NCc2nn(C)c3ccccc23)c1. The molecule has 0 aliphatic heterocycles. The van der Waals surface area contributed by atoms with Gasteiger partial charge in [0, 0.05) is 18.0 Å². The lowest BCUT2D eigenvalue weighted by Gasteiger charge is -2.05. The van der Waals surface area contributed by atoms with Gasteiger partial charge in [0.2, 0.25) is 0 Å². The predicted octanol–water partition coefficient (Wildman–Crippen LogP) is 2.51. The van der Waals surface area contributed by atoms with Crippen molar-refractivity contribution < 1.29 is 9.53 Å². The van der Waals surface area contributed by atoms with Crippen molar-refractivity contribution in [1.29, 1.82) is 0 Å². The Morgan fingerprint density at radius 2 is 2.05 bits per heavy atom. The molecule has 112 valence electrons. The molecule has 1 N–H and O–H groups in total. The molecular weight excluding hydrogens is 278 g/mol. The predicted molar refractivity (Wildman–Crippen MR) is 84.9 cm³/mol. The highest BCUT2D eigenvalue weighted by Gasteiger charge is 2.11. The summed E-state index contributed by atoms with van der Waals surface area (Å²) in [6, 6.07) is 15.0. The number of carbonyl (C=O) groups excluding carboxylic acids is 1. The topological polar surface area (TPSA) is 56.1 Å². The van der Waals surface area contributed by atoms with Gasteiger partial charge in [0.1, 0.15) is 5.75 Å². The van der Waals surface area contributed by atoms with E-state index in [1.807, 2.05) is 42.1 Å². The number of benzene rings is 2. The Morgan fingerprint density at radius 1 is 1.23 bits per heavy atom. The quantitative estimate of drug-likeness (QED) is 0.804. The molecule has 0 atom stereocenters. The lowest BCUT2D eigenvalue weighted by atomic mass is 10.2. The summed E-state index contributed by atoms with van der Waals surface area (Å²) in [6.07, 6.45) is 0. The smallest absolute Gasteiger partial charge is 0.251 e. The van der Waals surface area contributed by atoms with Crippen molar-refractivity contribution in [2.75, 3.05) is 7.11 Å². The third-order valence-electron chi connectivity index (χ3n) is 3.58. The van der Waals surface area contributed by atoms with Crippen LogP contribution in [0.5, 0.6) is 5.75 Å². The minimum atomic E-state index is -0.145. The first-order valence-electron chi connectivity index (χ1n) is 7.02. The molecule has 0 aliphatic rings. The van der Waals surface area contributed by atoms with Gasteiger partial charge in [0.05, 0.1) is 24.9 Å². The van der Waals surface area contributed by atoms with Crippen LogP contribution in [-0.4, -0.2) is 22.8 Å². The highest BCUT2D eigenvalue weighted by atomic mass is 16.5. The number of aromatic nitrogens is 2. The molecule has 1 aromatic heterocycles. The molecule has 0 radical (unpaired) electrons. The maximum atomic E-state index is 12.2. The molecule has 0 aliphatic carbocycles. The summed E-state index contributed by atoms with van der Waals surface area (Å²) in [5, 5.41) is 8.42. The molecule has 22 heavy (non-hydrogen) atoms. The van der Waals surface area contributed by atoms with E-state index in [0.29, 0.717) is 17.9 Å². The van der Waals surface area contributed by atoms with Gasteiger partial charge in [-0.1, -0.05) is 24.3 Å². The zero-order chi connectivity index (χ0) is 15.5. The Bertz CT molecular complexity index is 824. The summed E-state index contributed by atoms with van der Waals surface area (Å²) in [5.41, 5.74) is 2.47. The van der Waals surface area contributed by atoms with Crippen LogP contribution in [-0.2, 0) is 13.6 Å². The summed E-state index contributed by atoms with van der Waals surface area (Å²) in [5.74, 6) is 0.518. The minimum Gasteiger partial charge on any atom is -0.497 e. The van der Waals surface area contributed by atoms with E-state index in [0.717, 1.165) is 16.6 Å². The molecule has 0 saturated carbocycles. The third-order valence-corrected chi connectivity index (χ3v) is 3.58. The van der Waals surface area contributed by atoms with Crippen LogP contribution in [0.15, 0.2) is 48.5 Å². The first-order valence-corrected chi connectivity index (χ1v) is 7.02. The molecule has 0 spiro atoms. The van der Waals surface area contributed by atoms with Crippen LogP contribution in [0, 0.1) is 0 Å². The third kappa shape index (κ3) is 2.65. The monoisotopic (exact) mass is 295 g/mol. The lowest BCUT2D eigenvalue weighted by molar-refractivity contribution is 0.0950. The number of para-hydroxylation sites is 1. The number of ether oxygens (including phenoxy) is 1. The number of aryl methyl sites for hydroxylation is 1. The zero-order valence-corrected chi connectivity index (χ0v) is 12.5. The van der Waals surface area contributed by atoms with E-state index in [1.165, 1.54) is 0 Å². The van der Waals surface area contributed by atoms with E-state index < -0.39 is 0 Å². The van der Waals surface area contributed by atoms with E-state index in [1.54, 1.807) is 25.3 Å². The van der Waals surface area contributed by atoms with Crippen molar-refractivity contribution in [3.63, 3.8) is 0 Å². The largest absolute Gasteiger partial charge is 0.497 e. The van der Waals surface area contributed by atoms with Gasteiger partial charge in [-0.05, 0) is 24.3 Å². The lowest BCUT2D eigenvalue weighted by Crippen LogP contribution is -2.23. The zero-order valence-electron chi connectivity index (χ0n) is 12.5. The van der Waals surface area contributed by atoms with Crippen molar-refractivity contribution in [2.45, 2.75) is 6.54 Å². The van der Waals surface area contributed by atoms with Crippen molar-refractivity contribution in [3.05, 3.63) is 59.8 Å². The molecule has 0 unspecified atom stereocenters. The maximum Gasteiger partial charge on any atom is 0.251 e. The molecule has 5 nitrogen and oxygen atoms in total. The van der Waals surface area contributed by atoms with Gasteiger partial charge in [0.25, 0.3) is 5.91 Å². The Morgan fingerprint density at radius 3 is 2.86 bits per heavy atom. The van der Waals surface area contributed by atoms with Crippen molar-refractivity contribution in [2.24, 2.45) is 7.05 Å². The molecule has 3 aromatic rings. The van der Waals surface area contributed by atoms with E-state index in [2.05, 4.69) is 10.4 Å². The number of nitrogens with zero attached hydrogens (tertiary/aromatic N) is 2. The number of carbonyl (C=O) groups is 1. The van der Waals surface area contributed by atoms with Crippen LogP contribution >= 0.6 is 0 Å². The fraction of sp³-hybridized carbons (Fsp3) is 0.176. The molecule has 1 heterocycles. The average molecular weight is 295 g/mol. The minimum absolute atomic E-state index is 0.145. The number of nitrogens with one attached hydrogen (secondary N) is 1. The summed E-state index contributed by atoms with van der Waals surface area (Å²) in [4.78, 5) is 12.2. The summed E-state index contributed by atoms with van der Waals surface area (Å²) >= 11 is 0. The van der Waals surface area contributed by atoms with E-state index in [-0.39, 0.29) is 5.91 Å². The van der Waals surface area contributed by atoms with Gasteiger partial charge in [-0.3, -0.25) is 9.48 Å². The van der Waals surface area contributed by atoms with Crippen LogP contribution in [0.3, 0.4) is 0 Å². The summed E-state index contributed by atoms with van der Waals surface area (Å²) < 4.78 is 6.95. The summed E-state index contributed by atoms with van der Waals surface area (Å²) in [6.45, 7) is 0.386. The normalized spacial score (nSPS) is 10.6. The second-order valence-corrected chi connectivity index (χ2v) is 5.00. The average Bonchev–Trinajstić information content (AvgIpc) is 2.89. The Labute approximate surface area is 128 Å². The molecule has 0 bridgehead atoms. The number of fused-ring (bicyclic) bond motifs is 1. The van der Waals surface area contributed by atoms with E-state index in [9.17, 15) is 4.79 Å². The second kappa shape index (κ2) is 5.89. The molecule has 1 amide bonds. The van der Waals surface area contributed by atoms with E-state index >= 15 is 0 Å². The van der Waals surface area contributed by atoms with Crippen molar-refractivity contribution in [3.8, 4) is 5.75 Å². The standard InChI is InChI=1S/C17H17N3O2/c1-20-16-9-4-3-8-14(16)15(19-20)11-18-17(21)12-6-5-7-13(10-12)22-2/h3-10H,11H2,1-2H3,(H,18,21). The van der Waals surface area contributed by atoms with Gasteiger partial charge < -0.3 is 10.1 Å². The van der Waals surface area contributed by atoms with Crippen LogP contribution in [0.1, 0.15) is 16.1 Å². The number of rotatable bonds is 4. The van der Waals surface area contributed by atoms with Crippen LogP contribution in [0.2, 0.25) is 0 Å². The Hall–Kier alpha value is -2.82. The molecule has 0 saturated heterocycles. The van der Waals surface area contributed by atoms with Gasteiger partial charge in [-0.2, -0.15) is 5.10 Å². The molecule has 2 aromatic carbocycles. The second-order valence-electron chi connectivity index (χ2n) is 5.00. The first-order chi connectivity index (χ1) is 10.7.